The molecule has 6 nitrogen and oxygen atoms in total. The minimum absolute atomic E-state index is 0.180. The van der Waals surface area contributed by atoms with Crippen molar-refractivity contribution in [3.05, 3.63) is 108 Å². The highest BCUT2D eigenvalue weighted by Crippen LogP contribution is 2.20. The number of nitrogens with one attached hydrogen (secondary N) is 1. The summed E-state index contributed by atoms with van der Waals surface area (Å²) in [5, 5.41) is 7.41. The Morgan fingerprint density at radius 3 is 2.61 bits per heavy atom. The van der Waals surface area contributed by atoms with Crippen LogP contribution in [0.25, 0.3) is 0 Å². The largest absolute Gasteiger partial charge is 0.489 e. The van der Waals surface area contributed by atoms with Crippen LogP contribution in [0.2, 0.25) is 0 Å². The van der Waals surface area contributed by atoms with E-state index in [1.54, 1.807) is 18.6 Å². The van der Waals surface area contributed by atoms with Gasteiger partial charge in [-0.05, 0) is 30.2 Å². The lowest BCUT2D eigenvalue weighted by molar-refractivity contribution is 0.102. The SMILES string of the molecule is CCc1c(C(=O)Nc2cccc(OCc3cccnc3)c2)cnn1Cc1ccccc1. The normalized spacial score (nSPS) is 10.6. The van der Waals surface area contributed by atoms with Gasteiger partial charge in [-0.1, -0.05) is 49.4 Å². The first-order valence-corrected chi connectivity index (χ1v) is 10.2. The van der Waals surface area contributed by atoms with E-state index in [1.165, 1.54) is 0 Å². The zero-order valence-electron chi connectivity index (χ0n) is 17.4. The fourth-order valence-electron chi connectivity index (χ4n) is 3.38. The Labute approximate surface area is 181 Å². The van der Waals surface area contributed by atoms with E-state index in [0.717, 1.165) is 16.8 Å². The van der Waals surface area contributed by atoms with Crippen LogP contribution in [0.15, 0.2) is 85.3 Å². The lowest BCUT2D eigenvalue weighted by Gasteiger charge is -2.10. The van der Waals surface area contributed by atoms with Crippen molar-refractivity contribution in [1.82, 2.24) is 14.8 Å². The third kappa shape index (κ3) is 5.17. The Kier molecular flexibility index (Phi) is 6.38. The second kappa shape index (κ2) is 9.71. The van der Waals surface area contributed by atoms with E-state index in [-0.39, 0.29) is 5.91 Å². The van der Waals surface area contributed by atoms with E-state index in [0.29, 0.717) is 36.6 Å². The lowest BCUT2D eigenvalue weighted by atomic mass is 10.1. The quantitative estimate of drug-likeness (QED) is 0.455. The van der Waals surface area contributed by atoms with Crippen LogP contribution in [-0.4, -0.2) is 20.7 Å². The van der Waals surface area contributed by atoms with E-state index >= 15 is 0 Å². The standard InChI is InChI=1S/C25H24N4O2/c1-2-24-23(16-27-29(24)17-19-8-4-3-5-9-19)25(30)28-21-11-6-12-22(14-21)31-18-20-10-7-13-26-15-20/h3-16H,2,17-18H2,1H3,(H,28,30). The van der Waals surface area contributed by atoms with Gasteiger partial charge >= 0.3 is 0 Å². The van der Waals surface area contributed by atoms with E-state index < -0.39 is 0 Å². The molecule has 1 N–H and O–H groups in total. The predicted octanol–water partition coefficient (Wildman–Crippen LogP) is 4.72. The number of carbonyl (C=O) groups excluding carboxylic acids is 1. The number of hydrogen-bond acceptors (Lipinski definition) is 4. The number of nitrogens with zero attached hydrogens (tertiary/aromatic N) is 3. The zero-order chi connectivity index (χ0) is 21.5. The Morgan fingerprint density at radius 2 is 1.84 bits per heavy atom. The Bertz CT molecular complexity index is 1140. The van der Waals surface area contributed by atoms with Crippen molar-refractivity contribution in [1.29, 1.82) is 0 Å². The highest BCUT2D eigenvalue weighted by Gasteiger charge is 2.17. The Balaban J connectivity index is 1.44. The predicted molar refractivity (Wildman–Crippen MR) is 120 cm³/mol. The van der Waals surface area contributed by atoms with Gasteiger partial charge in [-0.25, -0.2) is 0 Å². The van der Waals surface area contributed by atoms with E-state index in [4.69, 9.17) is 4.74 Å². The van der Waals surface area contributed by atoms with Gasteiger partial charge in [0.05, 0.1) is 24.0 Å². The molecule has 4 aromatic rings. The maximum absolute atomic E-state index is 12.9. The van der Waals surface area contributed by atoms with Gasteiger partial charge in [-0.2, -0.15) is 5.10 Å². The maximum Gasteiger partial charge on any atom is 0.259 e. The number of pyridine rings is 1. The Hall–Kier alpha value is -3.93. The number of ether oxygens (including phenoxy) is 1. The molecule has 31 heavy (non-hydrogen) atoms. The number of rotatable bonds is 8. The summed E-state index contributed by atoms with van der Waals surface area (Å²) in [5.74, 6) is 0.498. The van der Waals surface area contributed by atoms with Crippen molar-refractivity contribution in [2.75, 3.05) is 5.32 Å². The molecule has 0 spiro atoms. The van der Waals surface area contributed by atoms with Crippen LogP contribution in [0, 0.1) is 0 Å². The molecular formula is C25H24N4O2. The third-order valence-corrected chi connectivity index (χ3v) is 4.92. The van der Waals surface area contributed by atoms with Crippen molar-refractivity contribution in [3.8, 4) is 5.75 Å². The summed E-state index contributed by atoms with van der Waals surface area (Å²) < 4.78 is 7.71. The number of amides is 1. The Morgan fingerprint density at radius 1 is 1.00 bits per heavy atom. The minimum atomic E-state index is -0.180. The van der Waals surface area contributed by atoms with Crippen LogP contribution >= 0.6 is 0 Å². The minimum Gasteiger partial charge on any atom is -0.489 e. The average molecular weight is 412 g/mol. The summed E-state index contributed by atoms with van der Waals surface area (Å²) in [4.78, 5) is 17.0. The molecule has 1 amide bonds. The van der Waals surface area contributed by atoms with Gasteiger partial charge in [0.15, 0.2) is 0 Å². The van der Waals surface area contributed by atoms with Gasteiger partial charge in [-0.15, -0.1) is 0 Å². The highest BCUT2D eigenvalue weighted by atomic mass is 16.5. The fraction of sp³-hybridized carbons (Fsp3) is 0.160. The molecule has 0 aliphatic rings. The summed E-state index contributed by atoms with van der Waals surface area (Å²) in [6.07, 6.45) is 5.85. The summed E-state index contributed by atoms with van der Waals surface area (Å²) in [7, 11) is 0. The van der Waals surface area contributed by atoms with Gasteiger partial charge < -0.3 is 10.1 Å². The smallest absolute Gasteiger partial charge is 0.259 e. The van der Waals surface area contributed by atoms with E-state index in [1.807, 2.05) is 66.2 Å². The molecule has 4 rings (SSSR count). The molecule has 2 heterocycles. The molecule has 0 saturated carbocycles. The fourth-order valence-corrected chi connectivity index (χ4v) is 3.38. The van der Waals surface area contributed by atoms with Gasteiger partial charge in [0.2, 0.25) is 0 Å². The molecule has 0 atom stereocenters. The average Bonchev–Trinajstić information content (AvgIpc) is 3.22. The van der Waals surface area contributed by atoms with Crippen LogP contribution in [0.3, 0.4) is 0 Å². The molecule has 0 radical (unpaired) electrons. The number of benzene rings is 2. The molecule has 2 aromatic carbocycles. The van der Waals surface area contributed by atoms with E-state index in [9.17, 15) is 4.79 Å². The van der Waals surface area contributed by atoms with Crippen LogP contribution in [0.4, 0.5) is 5.69 Å². The zero-order valence-corrected chi connectivity index (χ0v) is 17.4. The number of carbonyl (C=O) groups is 1. The van der Waals surface area contributed by atoms with E-state index in [2.05, 4.69) is 27.5 Å². The molecule has 0 bridgehead atoms. The second-order valence-corrected chi connectivity index (χ2v) is 7.13. The van der Waals surface area contributed by atoms with Crippen molar-refractivity contribution < 1.29 is 9.53 Å². The van der Waals surface area contributed by atoms with Crippen LogP contribution in [0.1, 0.15) is 34.1 Å². The molecule has 0 saturated heterocycles. The summed E-state index contributed by atoms with van der Waals surface area (Å²) in [6.45, 7) is 3.08. The molecular weight excluding hydrogens is 388 g/mol. The monoisotopic (exact) mass is 412 g/mol. The maximum atomic E-state index is 12.9. The summed E-state index contributed by atoms with van der Waals surface area (Å²) in [6, 6.07) is 21.3. The molecule has 0 aliphatic heterocycles. The lowest BCUT2D eigenvalue weighted by Crippen LogP contribution is -2.15. The van der Waals surface area contributed by atoms with Gasteiger partial charge in [0.1, 0.15) is 12.4 Å². The number of aromatic nitrogens is 3. The van der Waals surface area contributed by atoms with Crippen molar-refractivity contribution in [2.24, 2.45) is 0 Å². The van der Waals surface area contributed by atoms with Crippen molar-refractivity contribution in [2.45, 2.75) is 26.5 Å². The van der Waals surface area contributed by atoms with Crippen molar-refractivity contribution >= 4 is 11.6 Å². The third-order valence-electron chi connectivity index (χ3n) is 4.92. The van der Waals surface area contributed by atoms with Crippen molar-refractivity contribution in [3.63, 3.8) is 0 Å². The molecule has 2 aromatic heterocycles. The van der Waals surface area contributed by atoms with Gasteiger partial charge in [0.25, 0.3) is 5.91 Å². The highest BCUT2D eigenvalue weighted by molar-refractivity contribution is 6.05. The van der Waals surface area contributed by atoms with Gasteiger partial charge in [-0.3, -0.25) is 14.5 Å². The van der Waals surface area contributed by atoms with Crippen LogP contribution < -0.4 is 10.1 Å². The first-order chi connectivity index (χ1) is 15.2. The molecule has 6 heteroatoms. The molecule has 0 fully saturated rings. The first-order valence-electron chi connectivity index (χ1n) is 10.2. The summed E-state index contributed by atoms with van der Waals surface area (Å²) >= 11 is 0. The molecule has 0 aliphatic carbocycles. The number of anilines is 1. The second-order valence-electron chi connectivity index (χ2n) is 7.13. The molecule has 156 valence electrons. The van der Waals surface area contributed by atoms with Crippen LogP contribution in [0.5, 0.6) is 5.75 Å². The van der Waals surface area contributed by atoms with Gasteiger partial charge in [0, 0.05) is 29.7 Å². The topological polar surface area (TPSA) is 69.0 Å². The summed E-state index contributed by atoms with van der Waals surface area (Å²) in [5.41, 5.74) is 4.29. The first kappa shape index (κ1) is 20.3. The molecule has 0 unspecified atom stereocenters. The number of hydrogen-bond donors (Lipinski definition) is 1. The van der Waals surface area contributed by atoms with Crippen LogP contribution in [-0.2, 0) is 19.6 Å².